The number of hydrogen-bond acceptors (Lipinski definition) is 4. The Morgan fingerprint density at radius 2 is 2.10 bits per heavy atom. The minimum absolute atomic E-state index is 0.110. The monoisotopic (exact) mass is 315 g/mol. The zero-order chi connectivity index (χ0) is 15.5. The number of sulfonamides is 1. The molecule has 0 atom stereocenters. The number of nitrogens with zero attached hydrogens (tertiary/aromatic N) is 1. The predicted molar refractivity (Wildman–Crippen MR) is 76.9 cm³/mol. The quantitative estimate of drug-likeness (QED) is 0.329. The first-order valence-electron chi connectivity index (χ1n) is 6.69. The van der Waals surface area contributed by atoms with E-state index in [-0.39, 0.29) is 28.8 Å². The Hall–Kier alpha value is -1.67. The summed E-state index contributed by atoms with van der Waals surface area (Å²) in [6.45, 7) is -0.110. The van der Waals surface area contributed by atoms with Gasteiger partial charge in [0.25, 0.3) is 0 Å². The van der Waals surface area contributed by atoms with Crippen LogP contribution >= 0.6 is 0 Å². The number of nitrogens with one attached hydrogen (secondary N) is 1. The number of amidine groups is 1. The van der Waals surface area contributed by atoms with E-state index in [9.17, 15) is 12.8 Å². The molecule has 0 aliphatic heterocycles. The highest BCUT2D eigenvalue weighted by molar-refractivity contribution is 7.90. The van der Waals surface area contributed by atoms with Gasteiger partial charge in [-0.25, -0.2) is 17.5 Å². The molecule has 21 heavy (non-hydrogen) atoms. The molecule has 0 amide bonds. The smallest absolute Gasteiger partial charge is 0.214 e. The maximum absolute atomic E-state index is 13.9. The van der Waals surface area contributed by atoms with Crippen molar-refractivity contribution in [2.24, 2.45) is 10.9 Å². The Bertz CT molecular complexity index is 640. The van der Waals surface area contributed by atoms with E-state index in [1.807, 2.05) is 0 Å². The van der Waals surface area contributed by atoms with Crippen molar-refractivity contribution in [3.05, 3.63) is 35.1 Å². The number of hydrogen-bond donors (Lipinski definition) is 3. The van der Waals surface area contributed by atoms with Crippen molar-refractivity contribution in [3.8, 4) is 0 Å². The Kier molecular flexibility index (Phi) is 4.79. The van der Waals surface area contributed by atoms with E-state index in [0.717, 1.165) is 18.9 Å². The van der Waals surface area contributed by atoms with Gasteiger partial charge < -0.3 is 10.9 Å². The average molecular weight is 315 g/mol. The van der Waals surface area contributed by atoms with Crippen molar-refractivity contribution in [3.63, 3.8) is 0 Å². The molecular formula is C13H18FN3O3S. The maximum Gasteiger partial charge on any atom is 0.214 e. The first-order valence-corrected chi connectivity index (χ1v) is 8.23. The Labute approximate surface area is 122 Å². The van der Waals surface area contributed by atoms with E-state index in [4.69, 9.17) is 10.9 Å². The van der Waals surface area contributed by atoms with Crippen molar-refractivity contribution in [1.29, 1.82) is 0 Å². The molecule has 1 fully saturated rings. The molecule has 0 aromatic heterocycles. The number of nitrogens with two attached hydrogens (primary N) is 1. The lowest BCUT2D eigenvalue weighted by atomic mass is 10.1. The molecule has 1 aromatic rings. The van der Waals surface area contributed by atoms with Gasteiger partial charge in [0.1, 0.15) is 5.82 Å². The van der Waals surface area contributed by atoms with Crippen LogP contribution in [-0.2, 0) is 16.6 Å². The fourth-order valence-corrected chi connectivity index (χ4v) is 3.95. The number of rotatable bonds is 5. The lowest BCUT2D eigenvalue weighted by Crippen LogP contribution is -2.32. The molecule has 4 N–H and O–H groups in total. The van der Waals surface area contributed by atoms with E-state index in [2.05, 4.69) is 9.88 Å². The van der Waals surface area contributed by atoms with Crippen LogP contribution in [0.3, 0.4) is 0 Å². The van der Waals surface area contributed by atoms with Gasteiger partial charge in [0, 0.05) is 17.7 Å². The minimum atomic E-state index is -3.41. The Morgan fingerprint density at radius 3 is 2.67 bits per heavy atom. The highest BCUT2D eigenvalue weighted by Crippen LogP contribution is 2.24. The summed E-state index contributed by atoms with van der Waals surface area (Å²) in [6.07, 6.45) is 3.13. The van der Waals surface area contributed by atoms with Crippen molar-refractivity contribution in [2.45, 2.75) is 37.5 Å². The van der Waals surface area contributed by atoms with Gasteiger partial charge in [-0.05, 0) is 18.9 Å². The zero-order valence-corrected chi connectivity index (χ0v) is 12.2. The first kappa shape index (κ1) is 15.7. The van der Waals surface area contributed by atoms with Crippen LogP contribution in [0.4, 0.5) is 4.39 Å². The van der Waals surface area contributed by atoms with Crippen molar-refractivity contribution in [2.75, 3.05) is 0 Å². The molecule has 1 aliphatic carbocycles. The summed E-state index contributed by atoms with van der Waals surface area (Å²) in [5.41, 5.74) is 5.81. The molecule has 116 valence electrons. The van der Waals surface area contributed by atoms with Crippen molar-refractivity contribution < 1.29 is 18.0 Å². The fraction of sp³-hybridized carbons (Fsp3) is 0.462. The molecule has 0 heterocycles. The second-order valence-electron chi connectivity index (χ2n) is 5.06. The molecule has 1 saturated carbocycles. The normalized spacial score (nSPS) is 17.3. The van der Waals surface area contributed by atoms with Crippen molar-refractivity contribution in [1.82, 2.24) is 4.72 Å². The largest absolute Gasteiger partial charge is 0.409 e. The molecule has 1 aromatic carbocycles. The number of oxime groups is 1. The molecule has 8 heteroatoms. The van der Waals surface area contributed by atoms with Crippen LogP contribution < -0.4 is 10.5 Å². The highest BCUT2D eigenvalue weighted by atomic mass is 32.2. The lowest BCUT2D eigenvalue weighted by molar-refractivity contribution is 0.318. The Morgan fingerprint density at radius 1 is 1.43 bits per heavy atom. The van der Waals surface area contributed by atoms with E-state index < -0.39 is 15.8 Å². The second-order valence-corrected chi connectivity index (χ2v) is 7.11. The number of benzene rings is 1. The van der Waals surface area contributed by atoms with Gasteiger partial charge in [0.2, 0.25) is 10.0 Å². The van der Waals surface area contributed by atoms with Gasteiger partial charge in [-0.2, -0.15) is 0 Å². The van der Waals surface area contributed by atoms with Crippen molar-refractivity contribution >= 4 is 15.9 Å². The lowest BCUT2D eigenvalue weighted by Gasteiger charge is -2.13. The third kappa shape index (κ3) is 3.70. The highest BCUT2D eigenvalue weighted by Gasteiger charge is 2.28. The molecule has 1 aliphatic rings. The molecule has 6 nitrogen and oxygen atoms in total. The molecule has 0 spiro atoms. The van der Waals surface area contributed by atoms with E-state index in [0.29, 0.717) is 12.8 Å². The summed E-state index contributed by atoms with van der Waals surface area (Å²) in [6, 6.07) is 3.99. The molecular weight excluding hydrogens is 297 g/mol. The minimum Gasteiger partial charge on any atom is -0.409 e. The summed E-state index contributed by atoms with van der Waals surface area (Å²) in [5.74, 6) is -0.805. The van der Waals surface area contributed by atoms with E-state index >= 15 is 0 Å². The van der Waals surface area contributed by atoms with Crippen LogP contribution in [0.2, 0.25) is 0 Å². The first-order chi connectivity index (χ1) is 9.94. The third-order valence-corrected chi connectivity index (χ3v) is 5.56. The van der Waals surface area contributed by atoms with Crippen LogP contribution in [0, 0.1) is 5.82 Å². The number of halogens is 1. The maximum atomic E-state index is 13.9. The van der Waals surface area contributed by atoms with Crippen LogP contribution in [0.25, 0.3) is 0 Å². The summed E-state index contributed by atoms with van der Waals surface area (Å²) in [5, 5.41) is 10.9. The van der Waals surface area contributed by atoms with Crippen LogP contribution in [0.5, 0.6) is 0 Å². The molecule has 2 rings (SSSR count). The van der Waals surface area contributed by atoms with E-state index in [1.54, 1.807) is 0 Å². The van der Waals surface area contributed by atoms with E-state index in [1.165, 1.54) is 12.1 Å². The predicted octanol–water partition coefficient (Wildman–Crippen LogP) is 1.28. The topological polar surface area (TPSA) is 105 Å². The summed E-state index contributed by atoms with van der Waals surface area (Å²) in [4.78, 5) is 0. The standard InChI is InChI=1S/C13H18FN3O3S/c14-12-7-9(13(15)17-18)5-6-10(12)8-16-21(19,20)11-3-1-2-4-11/h5-7,11,16,18H,1-4,8H2,(H2,15,17). The summed E-state index contributed by atoms with van der Waals surface area (Å²) < 4.78 is 40.4. The van der Waals surface area contributed by atoms with Gasteiger partial charge in [0.05, 0.1) is 5.25 Å². The molecule has 0 bridgehead atoms. The van der Waals surface area contributed by atoms with Crippen LogP contribution in [0.1, 0.15) is 36.8 Å². The average Bonchev–Trinajstić information content (AvgIpc) is 3.00. The fourth-order valence-electron chi connectivity index (χ4n) is 2.40. The van der Waals surface area contributed by atoms with Gasteiger partial charge in [-0.1, -0.05) is 30.1 Å². The van der Waals surface area contributed by atoms with Gasteiger partial charge in [-0.15, -0.1) is 0 Å². The molecule has 0 radical (unpaired) electrons. The third-order valence-electron chi connectivity index (χ3n) is 3.66. The zero-order valence-electron chi connectivity index (χ0n) is 11.4. The summed E-state index contributed by atoms with van der Waals surface area (Å²) >= 11 is 0. The van der Waals surface area contributed by atoms with Gasteiger partial charge in [0.15, 0.2) is 5.84 Å². The SMILES string of the molecule is N/C(=N/O)c1ccc(CNS(=O)(=O)C2CCCC2)c(F)c1. The second kappa shape index (κ2) is 6.40. The molecule has 0 unspecified atom stereocenters. The summed E-state index contributed by atoms with van der Waals surface area (Å²) in [7, 11) is -3.41. The Balaban J connectivity index is 2.06. The van der Waals surface area contributed by atoms with Crippen LogP contribution in [0.15, 0.2) is 23.4 Å². The van der Waals surface area contributed by atoms with Crippen LogP contribution in [-0.4, -0.2) is 24.7 Å². The molecule has 0 saturated heterocycles. The van der Waals surface area contributed by atoms with Gasteiger partial charge >= 0.3 is 0 Å². The van der Waals surface area contributed by atoms with Gasteiger partial charge in [-0.3, -0.25) is 0 Å².